The average Bonchev–Trinajstić information content (AvgIpc) is 2.87. The monoisotopic (exact) mass is 528 g/mol. The number of benzene rings is 2. The van der Waals surface area contributed by atoms with Crippen molar-refractivity contribution in [2.75, 3.05) is 10.6 Å². The van der Waals surface area contributed by atoms with Crippen molar-refractivity contribution in [1.29, 1.82) is 0 Å². The van der Waals surface area contributed by atoms with Gasteiger partial charge in [0.25, 0.3) is 5.91 Å². The molecule has 0 aliphatic rings. The highest BCUT2D eigenvalue weighted by molar-refractivity contribution is 8.76. The van der Waals surface area contributed by atoms with Gasteiger partial charge in [0.05, 0.1) is 15.7 Å². The van der Waals surface area contributed by atoms with Gasteiger partial charge in [-0.1, -0.05) is 56.9 Å². The van der Waals surface area contributed by atoms with Crippen molar-refractivity contribution in [2.24, 2.45) is 0 Å². The van der Waals surface area contributed by atoms with Gasteiger partial charge in [0, 0.05) is 33.6 Å². The zero-order chi connectivity index (χ0) is 23.9. The van der Waals surface area contributed by atoms with Crippen LogP contribution in [0.4, 0.5) is 11.4 Å². The molecule has 0 saturated carbocycles. The SMILES string of the molecule is O=C(Nc1ccc(Cl)c(SSc2cc(NC(O)c3ccccn3)ccc2Cl)c1)c1ccccn1. The summed E-state index contributed by atoms with van der Waals surface area (Å²) in [5.41, 5.74) is 2.12. The first-order valence-corrected chi connectivity index (χ1v) is 12.9. The Balaban J connectivity index is 1.44. The van der Waals surface area contributed by atoms with Crippen LogP contribution in [0.25, 0.3) is 0 Å². The first kappa shape index (κ1) is 24.4. The Morgan fingerprint density at radius 3 is 2.06 bits per heavy atom. The highest BCUT2D eigenvalue weighted by atomic mass is 35.5. The lowest BCUT2D eigenvalue weighted by Gasteiger charge is -2.15. The van der Waals surface area contributed by atoms with Crippen LogP contribution in [-0.2, 0) is 0 Å². The second kappa shape index (κ2) is 11.6. The van der Waals surface area contributed by atoms with Crippen LogP contribution in [0.1, 0.15) is 22.4 Å². The molecular formula is C24H18Cl2N4O2S2. The highest BCUT2D eigenvalue weighted by Crippen LogP contribution is 2.44. The number of nitrogens with one attached hydrogen (secondary N) is 2. The van der Waals surface area contributed by atoms with E-state index in [0.717, 1.165) is 9.79 Å². The van der Waals surface area contributed by atoms with Crippen LogP contribution in [0.2, 0.25) is 10.0 Å². The Hall–Kier alpha value is -2.75. The number of aliphatic hydroxyl groups excluding tert-OH is 1. The third-order valence-corrected chi connectivity index (χ3v) is 7.84. The van der Waals surface area contributed by atoms with Gasteiger partial charge in [-0.25, -0.2) is 0 Å². The molecule has 1 atom stereocenters. The Morgan fingerprint density at radius 2 is 1.44 bits per heavy atom. The number of anilines is 2. The lowest BCUT2D eigenvalue weighted by atomic mass is 10.3. The maximum absolute atomic E-state index is 12.4. The minimum absolute atomic E-state index is 0.306. The number of halogens is 2. The highest BCUT2D eigenvalue weighted by Gasteiger charge is 2.13. The summed E-state index contributed by atoms with van der Waals surface area (Å²) < 4.78 is 0. The molecule has 2 aromatic heterocycles. The molecule has 1 unspecified atom stereocenters. The van der Waals surface area contributed by atoms with Crippen molar-refractivity contribution in [3.05, 3.63) is 107 Å². The fraction of sp³-hybridized carbons (Fsp3) is 0.0417. The topological polar surface area (TPSA) is 87.1 Å². The van der Waals surface area contributed by atoms with Crippen molar-refractivity contribution in [3.8, 4) is 0 Å². The van der Waals surface area contributed by atoms with Crippen molar-refractivity contribution < 1.29 is 9.90 Å². The molecule has 3 N–H and O–H groups in total. The molecular weight excluding hydrogens is 511 g/mol. The van der Waals surface area contributed by atoms with Gasteiger partial charge in [0.1, 0.15) is 5.69 Å². The van der Waals surface area contributed by atoms with Gasteiger partial charge in [0.15, 0.2) is 6.23 Å². The number of aromatic nitrogens is 2. The minimum Gasteiger partial charge on any atom is -0.368 e. The molecule has 10 heteroatoms. The average molecular weight is 529 g/mol. The molecule has 0 spiro atoms. The molecule has 4 rings (SSSR count). The number of aliphatic hydroxyl groups is 1. The molecule has 34 heavy (non-hydrogen) atoms. The Kier molecular flexibility index (Phi) is 8.31. The molecule has 1 amide bonds. The first-order valence-electron chi connectivity index (χ1n) is 10.0. The summed E-state index contributed by atoms with van der Waals surface area (Å²) in [4.78, 5) is 22.1. The van der Waals surface area contributed by atoms with Crippen molar-refractivity contribution >= 4 is 62.1 Å². The van der Waals surface area contributed by atoms with Gasteiger partial charge in [0.2, 0.25) is 0 Å². The zero-order valence-corrected chi connectivity index (χ0v) is 20.6. The third kappa shape index (κ3) is 6.43. The summed E-state index contributed by atoms with van der Waals surface area (Å²) in [5.74, 6) is -0.306. The van der Waals surface area contributed by atoms with E-state index in [-0.39, 0.29) is 5.91 Å². The normalized spacial score (nSPS) is 11.6. The molecule has 0 aliphatic heterocycles. The number of hydrogen-bond donors (Lipinski definition) is 3. The maximum Gasteiger partial charge on any atom is 0.274 e. The van der Waals surface area contributed by atoms with Gasteiger partial charge in [-0.05, 0) is 60.7 Å². The van der Waals surface area contributed by atoms with Gasteiger partial charge in [-0.15, -0.1) is 0 Å². The Labute approximate surface area is 214 Å². The van der Waals surface area contributed by atoms with E-state index in [4.69, 9.17) is 23.2 Å². The van der Waals surface area contributed by atoms with Crippen molar-refractivity contribution in [2.45, 2.75) is 16.0 Å². The number of nitrogens with zero attached hydrogens (tertiary/aromatic N) is 2. The smallest absolute Gasteiger partial charge is 0.274 e. The Morgan fingerprint density at radius 1 is 0.824 bits per heavy atom. The van der Waals surface area contributed by atoms with Gasteiger partial charge >= 0.3 is 0 Å². The van der Waals surface area contributed by atoms with E-state index in [1.807, 2.05) is 12.1 Å². The fourth-order valence-electron chi connectivity index (χ4n) is 2.85. The van der Waals surface area contributed by atoms with Crippen molar-refractivity contribution in [1.82, 2.24) is 9.97 Å². The number of hydrogen-bond acceptors (Lipinski definition) is 7. The molecule has 4 aromatic rings. The summed E-state index contributed by atoms with van der Waals surface area (Å²) in [5, 5.41) is 17.3. The van der Waals surface area contributed by atoms with E-state index in [1.165, 1.54) is 21.6 Å². The number of amides is 1. The summed E-state index contributed by atoms with van der Waals surface area (Å²) in [6, 6.07) is 21.1. The fourth-order valence-corrected chi connectivity index (χ4v) is 5.79. The van der Waals surface area contributed by atoms with E-state index >= 15 is 0 Å². The second-order valence-corrected chi connectivity index (χ2v) is 9.96. The molecule has 0 saturated heterocycles. The van der Waals surface area contributed by atoms with Gasteiger partial charge < -0.3 is 15.7 Å². The summed E-state index contributed by atoms with van der Waals surface area (Å²) in [7, 11) is 2.82. The van der Waals surface area contributed by atoms with Crippen LogP contribution in [0.5, 0.6) is 0 Å². The van der Waals surface area contributed by atoms with E-state index in [9.17, 15) is 9.90 Å². The van der Waals surface area contributed by atoms with E-state index in [0.29, 0.717) is 32.8 Å². The van der Waals surface area contributed by atoms with Gasteiger partial charge in [-0.3, -0.25) is 14.8 Å². The molecule has 0 radical (unpaired) electrons. The standard InChI is InChI=1S/C24H18Cl2N4O2S2/c25-17-9-7-15(29-23(31)19-5-1-3-11-27-19)13-21(17)33-34-22-14-16(8-10-18(22)26)30-24(32)20-6-2-4-12-28-20/h1-14,23,29,31H,(H,30,32). The number of rotatable bonds is 8. The lowest BCUT2D eigenvalue weighted by molar-refractivity contribution is 0.102. The van der Waals surface area contributed by atoms with Crippen LogP contribution in [-0.4, -0.2) is 21.0 Å². The largest absolute Gasteiger partial charge is 0.368 e. The molecule has 172 valence electrons. The van der Waals surface area contributed by atoms with Gasteiger partial charge in [-0.2, -0.15) is 0 Å². The summed E-state index contributed by atoms with van der Waals surface area (Å²) >= 11 is 12.8. The van der Waals surface area contributed by atoms with Crippen LogP contribution in [0, 0.1) is 0 Å². The zero-order valence-electron chi connectivity index (χ0n) is 17.5. The van der Waals surface area contributed by atoms with Crippen LogP contribution >= 0.6 is 44.8 Å². The van der Waals surface area contributed by atoms with Crippen LogP contribution in [0.3, 0.4) is 0 Å². The second-order valence-electron chi connectivity index (χ2n) is 6.93. The predicted molar refractivity (Wildman–Crippen MR) is 140 cm³/mol. The van der Waals surface area contributed by atoms with Crippen molar-refractivity contribution in [3.63, 3.8) is 0 Å². The summed E-state index contributed by atoms with van der Waals surface area (Å²) in [6.07, 6.45) is 2.23. The van der Waals surface area contributed by atoms with Crippen LogP contribution < -0.4 is 10.6 Å². The number of carbonyl (C=O) groups excluding carboxylic acids is 1. The molecule has 6 nitrogen and oxygen atoms in total. The Bertz CT molecular complexity index is 1280. The van der Waals surface area contributed by atoms with E-state index < -0.39 is 6.23 Å². The summed E-state index contributed by atoms with van der Waals surface area (Å²) in [6.45, 7) is 0. The van der Waals surface area contributed by atoms with Crippen LogP contribution in [0.15, 0.2) is 95.0 Å². The molecule has 0 aliphatic carbocycles. The quantitative estimate of drug-likeness (QED) is 0.168. The predicted octanol–water partition coefficient (Wildman–Crippen LogP) is 6.94. The number of carbonyl (C=O) groups is 1. The molecule has 2 aromatic carbocycles. The third-order valence-electron chi connectivity index (χ3n) is 4.51. The van der Waals surface area contributed by atoms with E-state index in [1.54, 1.807) is 73.1 Å². The minimum atomic E-state index is -0.957. The first-order chi connectivity index (χ1) is 16.5. The molecule has 0 bridgehead atoms. The molecule has 0 fully saturated rings. The number of pyridine rings is 2. The maximum atomic E-state index is 12.4. The lowest BCUT2D eigenvalue weighted by Crippen LogP contribution is -2.13. The molecule has 2 heterocycles. The van der Waals surface area contributed by atoms with E-state index in [2.05, 4.69) is 20.6 Å².